The Balaban J connectivity index is 4.02. The minimum absolute atomic E-state index is 0.0736. The fourth-order valence-corrected chi connectivity index (χ4v) is 5.13. The number of carbonyl (C=O) groups is 2. The van der Waals surface area contributed by atoms with E-state index in [1.165, 1.54) is 75.0 Å². The average Bonchev–Trinajstić information content (AvgIpc) is 2.69. The van der Waals surface area contributed by atoms with Crippen molar-refractivity contribution in [1.29, 1.82) is 0 Å². The van der Waals surface area contributed by atoms with Crippen molar-refractivity contribution in [2.45, 2.75) is 123 Å². The molecule has 0 fully saturated rings. The van der Waals surface area contributed by atoms with Gasteiger partial charge in [-0.1, -0.05) is 99.6 Å². The quantitative estimate of drug-likeness (QED) is 0.104. The van der Waals surface area contributed by atoms with E-state index in [1.54, 1.807) is 10.8 Å². The van der Waals surface area contributed by atoms with Crippen LogP contribution in [-0.4, -0.2) is 34.7 Å². The van der Waals surface area contributed by atoms with Crippen LogP contribution in [-0.2, 0) is 14.3 Å². The van der Waals surface area contributed by atoms with E-state index in [2.05, 4.69) is 13.8 Å². The molecule has 6 heteroatoms. The van der Waals surface area contributed by atoms with Gasteiger partial charge < -0.3 is 9.84 Å². The first-order chi connectivity index (χ1) is 14.1. The number of hydrogen-bond donors (Lipinski definition) is 1. The SMILES string of the molecule is CCCCCCCCC(CCCCCCCC)OC(=O)CCSSCCC(=O)O. The summed E-state index contributed by atoms with van der Waals surface area (Å²) in [4.78, 5) is 22.7. The molecule has 0 spiro atoms. The molecule has 4 nitrogen and oxygen atoms in total. The van der Waals surface area contributed by atoms with Crippen molar-refractivity contribution in [3.05, 3.63) is 0 Å². The zero-order valence-corrected chi connectivity index (χ0v) is 20.4. The van der Waals surface area contributed by atoms with Gasteiger partial charge in [-0.05, 0) is 25.7 Å². The fourth-order valence-electron chi connectivity index (χ4n) is 3.18. The highest BCUT2D eigenvalue weighted by Gasteiger charge is 2.14. The second-order valence-electron chi connectivity index (χ2n) is 7.76. The molecular formula is C23H44O4S2. The number of ether oxygens (including phenoxy) is 1. The summed E-state index contributed by atoms with van der Waals surface area (Å²) in [6.45, 7) is 4.47. The molecule has 0 amide bonds. The molecule has 1 N–H and O–H groups in total. The molecule has 0 aromatic carbocycles. The lowest BCUT2D eigenvalue weighted by Crippen LogP contribution is -2.18. The van der Waals surface area contributed by atoms with Gasteiger partial charge in [-0.3, -0.25) is 9.59 Å². The van der Waals surface area contributed by atoms with Crippen LogP contribution in [0.3, 0.4) is 0 Å². The molecule has 0 rings (SSSR count). The summed E-state index contributed by atoms with van der Waals surface area (Å²) in [5.74, 6) is 0.389. The Labute approximate surface area is 187 Å². The maximum atomic E-state index is 12.2. The lowest BCUT2D eigenvalue weighted by Gasteiger charge is -2.18. The number of aliphatic carboxylic acids is 1. The van der Waals surface area contributed by atoms with E-state index >= 15 is 0 Å². The van der Waals surface area contributed by atoms with Gasteiger partial charge in [-0.25, -0.2) is 0 Å². The summed E-state index contributed by atoms with van der Waals surface area (Å²) in [7, 11) is 3.08. The van der Waals surface area contributed by atoms with Gasteiger partial charge in [0.05, 0.1) is 12.8 Å². The van der Waals surface area contributed by atoms with Gasteiger partial charge in [0.15, 0.2) is 0 Å². The highest BCUT2D eigenvalue weighted by Crippen LogP contribution is 2.23. The van der Waals surface area contributed by atoms with Crippen LogP contribution in [0.25, 0.3) is 0 Å². The van der Waals surface area contributed by atoms with E-state index in [4.69, 9.17) is 9.84 Å². The van der Waals surface area contributed by atoms with Gasteiger partial charge in [0.2, 0.25) is 0 Å². The number of carbonyl (C=O) groups excluding carboxylic acids is 1. The van der Waals surface area contributed by atoms with Crippen molar-refractivity contribution in [2.75, 3.05) is 11.5 Å². The molecule has 0 radical (unpaired) electrons. The first-order valence-electron chi connectivity index (χ1n) is 11.8. The predicted octanol–water partition coefficient (Wildman–Crippen LogP) is 7.65. The summed E-state index contributed by atoms with van der Waals surface area (Å²) < 4.78 is 5.80. The van der Waals surface area contributed by atoms with Crippen LogP contribution in [0.4, 0.5) is 0 Å². The van der Waals surface area contributed by atoms with Gasteiger partial charge in [0.25, 0.3) is 0 Å². The number of rotatable bonds is 22. The Morgan fingerprint density at radius 2 is 1.17 bits per heavy atom. The van der Waals surface area contributed by atoms with Crippen LogP contribution in [0.2, 0.25) is 0 Å². The van der Waals surface area contributed by atoms with Crippen molar-refractivity contribution in [2.24, 2.45) is 0 Å². The molecule has 0 saturated carbocycles. The Morgan fingerprint density at radius 1 is 0.724 bits per heavy atom. The minimum Gasteiger partial charge on any atom is -0.481 e. The standard InChI is InChI=1S/C23H44O4S2/c1-3-5-7-9-11-13-15-21(16-14-12-10-8-6-4-2)27-23(26)18-20-29-28-19-17-22(24)25/h21H,3-20H2,1-2H3,(H,24,25). The normalized spacial score (nSPS) is 11.1. The second-order valence-corrected chi connectivity index (χ2v) is 10.5. The van der Waals surface area contributed by atoms with Crippen LogP contribution in [0, 0.1) is 0 Å². The Bertz CT molecular complexity index is 375. The van der Waals surface area contributed by atoms with E-state index in [0.29, 0.717) is 17.9 Å². The molecule has 0 aromatic rings. The van der Waals surface area contributed by atoms with Crippen LogP contribution >= 0.6 is 21.6 Å². The Kier molecular flexibility index (Phi) is 22.1. The molecule has 0 bridgehead atoms. The fraction of sp³-hybridized carbons (Fsp3) is 0.913. The molecule has 29 heavy (non-hydrogen) atoms. The van der Waals surface area contributed by atoms with E-state index in [1.807, 2.05) is 0 Å². The number of esters is 1. The molecule has 0 atom stereocenters. The molecule has 0 aliphatic heterocycles. The largest absolute Gasteiger partial charge is 0.481 e. The average molecular weight is 449 g/mol. The Hall–Kier alpha value is -0.360. The Morgan fingerprint density at radius 3 is 1.66 bits per heavy atom. The van der Waals surface area contributed by atoms with E-state index in [-0.39, 0.29) is 18.5 Å². The maximum absolute atomic E-state index is 12.2. The van der Waals surface area contributed by atoms with Crippen LogP contribution in [0.5, 0.6) is 0 Å². The van der Waals surface area contributed by atoms with Gasteiger partial charge in [0.1, 0.15) is 6.10 Å². The topological polar surface area (TPSA) is 63.6 Å². The van der Waals surface area contributed by atoms with E-state index < -0.39 is 5.97 Å². The highest BCUT2D eigenvalue weighted by molar-refractivity contribution is 8.76. The number of unbranched alkanes of at least 4 members (excludes halogenated alkanes) is 10. The van der Waals surface area contributed by atoms with Gasteiger partial charge >= 0.3 is 11.9 Å². The molecule has 0 unspecified atom stereocenters. The molecule has 0 aliphatic carbocycles. The zero-order valence-electron chi connectivity index (χ0n) is 18.8. The lowest BCUT2D eigenvalue weighted by atomic mass is 10.0. The molecule has 0 aliphatic rings. The molecular weight excluding hydrogens is 404 g/mol. The van der Waals surface area contributed by atoms with E-state index in [0.717, 1.165) is 25.7 Å². The third-order valence-corrected chi connectivity index (χ3v) is 7.34. The summed E-state index contributed by atoms with van der Waals surface area (Å²) in [6, 6.07) is 0. The molecule has 172 valence electrons. The van der Waals surface area contributed by atoms with E-state index in [9.17, 15) is 9.59 Å². The van der Waals surface area contributed by atoms with Crippen molar-refractivity contribution in [3.8, 4) is 0 Å². The monoisotopic (exact) mass is 448 g/mol. The summed E-state index contributed by atoms with van der Waals surface area (Å²) in [6.07, 6.45) is 17.8. The van der Waals surface area contributed by atoms with Crippen LogP contribution in [0.1, 0.15) is 117 Å². The minimum atomic E-state index is -0.773. The number of carboxylic acids is 1. The first kappa shape index (κ1) is 28.6. The number of carboxylic acid groups (broad SMARTS) is 1. The summed E-state index contributed by atoms with van der Waals surface area (Å²) in [5.41, 5.74) is 0. The van der Waals surface area contributed by atoms with Gasteiger partial charge in [0, 0.05) is 11.5 Å². The zero-order chi connectivity index (χ0) is 21.6. The highest BCUT2D eigenvalue weighted by atomic mass is 33.1. The second kappa shape index (κ2) is 22.3. The van der Waals surface area contributed by atoms with Crippen molar-refractivity contribution >= 4 is 33.5 Å². The van der Waals surface area contributed by atoms with Gasteiger partial charge in [-0.2, -0.15) is 0 Å². The van der Waals surface area contributed by atoms with Crippen molar-refractivity contribution < 1.29 is 19.4 Å². The first-order valence-corrected chi connectivity index (χ1v) is 14.2. The van der Waals surface area contributed by atoms with Crippen LogP contribution < -0.4 is 0 Å². The molecule has 0 saturated heterocycles. The van der Waals surface area contributed by atoms with Crippen molar-refractivity contribution in [3.63, 3.8) is 0 Å². The lowest BCUT2D eigenvalue weighted by molar-refractivity contribution is -0.149. The van der Waals surface area contributed by atoms with Gasteiger partial charge in [-0.15, -0.1) is 0 Å². The van der Waals surface area contributed by atoms with Crippen LogP contribution in [0.15, 0.2) is 0 Å². The number of hydrogen-bond acceptors (Lipinski definition) is 5. The maximum Gasteiger partial charge on any atom is 0.306 e. The molecule has 0 aromatic heterocycles. The third kappa shape index (κ3) is 22.2. The smallest absolute Gasteiger partial charge is 0.306 e. The third-order valence-electron chi connectivity index (χ3n) is 4.93. The predicted molar refractivity (Wildman–Crippen MR) is 128 cm³/mol. The van der Waals surface area contributed by atoms with Crippen molar-refractivity contribution in [1.82, 2.24) is 0 Å². The summed E-state index contributed by atoms with van der Waals surface area (Å²) >= 11 is 0. The summed E-state index contributed by atoms with van der Waals surface area (Å²) in [5, 5.41) is 8.62. The molecule has 0 heterocycles.